The number of likely N-dealkylation sites (tertiary alicyclic amines) is 1. The average Bonchev–Trinajstić information content (AvgIpc) is 3.16. The van der Waals surface area contributed by atoms with Crippen LogP contribution in [0.15, 0.2) is 54.1 Å². The molecule has 0 aliphatic carbocycles. The summed E-state index contributed by atoms with van der Waals surface area (Å²) in [5, 5.41) is 2.45. The van der Waals surface area contributed by atoms with Gasteiger partial charge in [-0.2, -0.15) is 0 Å². The molecule has 1 aromatic heterocycles. The topological polar surface area (TPSA) is 103 Å². The number of pyridine rings is 1. The summed E-state index contributed by atoms with van der Waals surface area (Å²) >= 11 is 0. The summed E-state index contributed by atoms with van der Waals surface area (Å²) in [6.07, 6.45) is 4.42. The molecule has 3 aliphatic rings. The summed E-state index contributed by atoms with van der Waals surface area (Å²) in [7, 11) is 8.77. The molecule has 2 atom stereocenters. The predicted octanol–water partition coefficient (Wildman–Crippen LogP) is 4.53. The second-order valence-electron chi connectivity index (χ2n) is 15.4. The summed E-state index contributed by atoms with van der Waals surface area (Å²) in [6.45, 7) is 11.0. The smallest absolute Gasteiger partial charge is 0.275 e. The second-order valence-corrected chi connectivity index (χ2v) is 15.4. The lowest BCUT2D eigenvalue weighted by Gasteiger charge is -2.46. The number of hydrogen-bond donors (Lipinski definition) is 1. The van der Waals surface area contributed by atoms with Gasteiger partial charge in [-0.25, -0.2) is 8.78 Å². The van der Waals surface area contributed by atoms with Gasteiger partial charge in [0.05, 0.1) is 43.7 Å². The van der Waals surface area contributed by atoms with E-state index in [1.54, 1.807) is 50.1 Å². The molecule has 3 aromatic rings. The summed E-state index contributed by atoms with van der Waals surface area (Å²) in [5.41, 5.74) is 6.68. The van der Waals surface area contributed by atoms with Gasteiger partial charge in [-0.1, -0.05) is 18.7 Å². The number of aryl methyl sites for hydroxylation is 1. The van der Waals surface area contributed by atoms with Crippen molar-refractivity contribution in [1.82, 2.24) is 24.6 Å². The number of ether oxygens (including phenoxy) is 2. The minimum Gasteiger partial charge on any atom is -0.496 e. The third-order valence-corrected chi connectivity index (χ3v) is 11.7. The van der Waals surface area contributed by atoms with E-state index < -0.39 is 18.0 Å². The minimum absolute atomic E-state index is 0.0570. The number of hydrogen-bond acceptors (Lipinski definition) is 10. The highest BCUT2D eigenvalue weighted by Gasteiger charge is 2.48. The Morgan fingerprint density at radius 3 is 2.21 bits per heavy atom. The van der Waals surface area contributed by atoms with E-state index in [1.165, 1.54) is 0 Å². The zero-order valence-corrected chi connectivity index (χ0v) is 33.7. The van der Waals surface area contributed by atoms with E-state index in [2.05, 4.69) is 22.9 Å². The van der Waals surface area contributed by atoms with Crippen molar-refractivity contribution in [2.24, 2.45) is 7.05 Å². The van der Waals surface area contributed by atoms with Crippen molar-refractivity contribution in [2.75, 3.05) is 77.4 Å². The van der Waals surface area contributed by atoms with E-state index in [4.69, 9.17) is 9.47 Å². The molecule has 2 unspecified atom stereocenters. The van der Waals surface area contributed by atoms with E-state index >= 15 is 8.78 Å². The largest absolute Gasteiger partial charge is 0.496 e. The molecular weight excluding hydrogens is 721 g/mol. The highest BCUT2D eigenvalue weighted by molar-refractivity contribution is 6.02. The molecular formula is C42H55F2N7O5. The van der Waals surface area contributed by atoms with Crippen molar-refractivity contribution < 1.29 is 27.8 Å². The Morgan fingerprint density at radius 1 is 0.946 bits per heavy atom. The molecule has 302 valence electrons. The molecule has 0 spiro atoms. The minimum atomic E-state index is -2.93. The average molecular weight is 776 g/mol. The number of rotatable bonds is 12. The molecule has 0 radical (unpaired) electrons. The number of carbonyl (C=O) groups excluding carboxylic acids is 2. The zero-order chi connectivity index (χ0) is 40.5. The molecule has 56 heavy (non-hydrogen) atoms. The number of methoxy groups -OCH3 is 2. The van der Waals surface area contributed by atoms with Gasteiger partial charge in [-0.3, -0.25) is 34.4 Å². The number of piperazine rings is 1. The molecule has 6 rings (SSSR count). The maximum atomic E-state index is 16.1. The molecule has 12 nitrogen and oxygen atoms in total. The van der Waals surface area contributed by atoms with Gasteiger partial charge in [0.2, 0.25) is 11.8 Å². The summed E-state index contributed by atoms with van der Waals surface area (Å²) < 4.78 is 45.4. The highest BCUT2D eigenvalue weighted by Crippen LogP contribution is 2.40. The van der Waals surface area contributed by atoms with Crippen LogP contribution in [0.4, 0.5) is 20.2 Å². The van der Waals surface area contributed by atoms with Gasteiger partial charge in [0.15, 0.2) is 0 Å². The molecule has 2 aromatic carbocycles. The maximum Gasteiger partial charge on any atom is 0.275 e. The number of anilines is 2. The molecule has 0 saturated carbocycles. The monoisotopic (exact) mass is 775 g/mol. The number of halogens is 2. The van der Waals surface area contributed by atoms with Crippen LogP contribution in [0.1, 0.15) is 41.5 Å². The van der Waals surface area contributed by atoms with Crippen LogP contribution in [0.2, 0.25) is 0 Å². The first-order valence-corrected chi connectivity index (χ1v) is 19.2. The van der Waals surface area contributed by atoms with Crippen LogP contribution in [0.3, 0.4) is 0 Å². The maximum absolute atomic E-state index is 16.1. The Balaban J connectivity index is 1.11. The third-order valence-electron chi connectivity index (χ3n) is 11.7. The number of nitrogens with zero attached hydrogens (tertiary/aromatic N) is 6. The fraction of sp³-hybridized carbons (Fsp3) is 0.500. The second kappa shape index (κ2) is 16.7. The molecule has 0 bridgehead atoms. The predicted molar refractivity (Wildman–Crippen MR) is 215 cm³/mol. The number of amides is 2. The van der Waals surface area contributed by atoms with E-state index in [1.807, 2.05) is 60.0 Å². The van der Waals surface area contributed by atoms with Gasteiger partial charge in [0.25, 0.3) is 11.5 Å². The number of aromatic nitrogens is 1. The van der Waals surface area contributed by atoms with E-state index in [9.17, 15) is 14.4 Å². The summed E-state index contributed by atoms with van der Waals surface area (Å²) in [4.78, 5) is 47.0. The number of para-hydroxylation sites is 1. The molecule has 14 heteroatoms. The first-order valence-electron chi connectivity index (χ1n) is 19.2. The van der Waals surface area contributed by atoms with Gasteiger partial charge in [0, 0.05) is 90.7 Å². The van der Waals surface area contributed by atoms with E-state index in [-0.39, 0.29) is 36.9 Å². The summed E-state index contributed by atoms with van der Waals surface area (Å²) in [5.74, 6) is -2.45. The lowest BCUT2D eigenvalue weighted by atomic mass is 9.95. The van der Waals surface area contributed by atoms with Gasteiger partial charge < -0.3 is 23.8 Å². The van der Waals surface area contributed by atoms with Crippen molar-refractivity contribution in [2.45, 2.75) is 64.2 Å². The third kappa shape index (κ3) is 8.19. The first-order chi connectivity index (χ1) is 26.7. The quantitative estimate of drug-likeness (QED) is 0.264. The zero-order valence-electron chi connectivity index (χ0n) is 33.7. The molecule has 2 amide bonds. The Kier molecular flexibility index (Phi) is 12.2. The van der Waals surface area contributed by atoms with Crippen molar-refractivity contribution >= 4 is 23.2 Å². The van der Waals surface area contributed by atoms with Crippen molar-refractivity contribution in [1.29, 1.82) is 0 Å². The number of imide groups is 1. The van der Waals surface area contributed by atoms with Crippen LogP contribution < -0.4 is 30.1 Å². The van der Waals surface area contributed by atoms with Crippen molar-refractivity contribution in [3.05, 3.63) is 81.9 Å². The normalized spacial score (nSPS) is 20.7. The lowest BCUT2D eigenvalue weighted by molar-refractivity contribution is -0.135. The molecule has 3 fully saturated rings. The van der Waals surface area contributed by atoms with Crippen LogP contribution in [-0.4, -0.2) is 117 Å². The summed E-state index contributed by atoms with van der Waals surface area (Å²) in [6, 6.07) is 8.34. The highest BCUT2D eigenvalue weighted by atomic mass is 19.3. The van der Waals surface area contributed by atoms with Crippen LogP contribution >= 0.6 is 0 Å². The lowest BCUT2D eigenvalue weighted by Crippen LogP contribution is -2.61. The van der Waals surface area contributed by atoms with Gasteiger partial charge in [-0.15, -0.1) is 0 Å². The fourth-order valence-corrected chi connectivity index (χ4v) is 8.61. The Labute approximate surface area is 328 Å². The van der Waals surface area contributed by atoms with Crippen LogP contribution in [0.25, 0.3) is 11.1 Å². The van der Waals surface area contributed by atoms with Gasteiger partial charge in [-0.05, 0) is 67.8 Å². The Morgan fingerprint density at radius 2 is 1.62 bits per heavy atom. The van der Waals surface area contributed by atoms with Crippen LogP contribution in [-0.2, 0) is 29.7 Å². The number of piperidine rings is 2. The van der Waals surface area contributed by atoms with Gasteiger partial charge >= 0.3 is 0 Å². The first kappa shape index (κ1) is 40.9. The molecule has 4 heterocycles. The number of nitrogens with one attached hydrogen (secondary N) is 1. The Bertz CT molecular complexity index is 2000. The standard InChI is InChI=1S/C42H55F2N7O5/c1-9-51(34-13-14-38(52)45-40(34)53)33-12-10-11-29(39(33)46(4)5)23-48-17-19-50(20-18-48)37-15-16-49(26-42(37,43)44)25-32-35(55-7)21-30(22-36(32)56-8)31-24-47(6)41(54)28(3)27(31)2/h9-12,21-22,24,34,37H,1,13-20,23,25-26H2,2-8H3,(H,45,52,53). The SMILES string of the molecule is C=CN(c1cccc(CN2CCN(C3CCN(Cc4c(OC)cc(-c5cn(C)c(=O)c(C)c5C)cc4OC)CC3(F)F)CC2)c1N(C)C)C1CCC(=O)NC1=O. The molecule has 1 N–H and O–H groups in total. The Hall–Kier alpha value is -4.79. The van der Waals surface area contributed by atoms with Crippen LogP contribution in [0.5, 0.6) is 11.5 Å². The number of alkyl halides is 2. The van der Waals surface area contributed by atoms with Crippen molar-refractivity contribution in [3.63, 3.8) is 0 Å². The van der Waals surface area contributed by atoms with E-state index in [0.717, 1.165) is 33.6 Å². The van der Waals surface area contributed by atoms with Crippen LogP contribution in [0, 0.1) is 13.8 Å². The molecule has 3 saturated heterocycles. The van der Waals surface area contributed by atoms with Crippen molar-refractivity contribution in [3.8, 4) is 22.6 Å². The number of carbonyl (C=O) groups is 2. The number of benzene rings is 2. The van der Waals surface area contributed by atoms with E-state index in [0.29, 0.717) is 74.7 Å². The fourth-order valence-electron chi connectivity index (χ4n) is 8.61. The molecule has 3 aliphatic heterocycles. The van der Waals surface area contributed by atoms with Gasteiger partial charge in [0.1, 0.15) is 17.5 Å².